The summed E-state index contributed by atoms with van der Waals surface area (Å²) in [5.41, 5.74) is 0. The summed E-state index contributed by atoms with van der Waals surface area (Å²) in [5.74, 6) is 2.45. The summed E-state index contributed by atoms with van der Waals surface area (Å²) in [6.07, 6.45) is 3.68. The second kappa shape index (κ2) is 6.96. The van der Waals surface area contributed by atoms with Gasteiger partial charge in [0.05, 0.1) is 19.2 Å². The van der Waals surface area contributed by atoms with Crippen molar-refractivity contribution >= 4 is 0 Å². The molecular weight excluding hydrogens is 242 g/mol. The predicted molar refractivity (Wildman–Crippen MR) is 72.6 cm³/mol. The summed E-state index contributed by atoms with van der Waals surface area (Å²) in [5, 5.41) is 15.5. The molecule has 1 aliphatic rings. The summed E-state index contributed by atoms with van der Waals surface area (Å²) in [7, 11) is 1.70. The molecule has 0 bridgehead atoms. The zero-order valence-electron chi connectivity index (χ0n) is 12.2. The zero-order chi connectivity index (χ0) is 13.7. The minimum atomic E-state index is 0.452. The highest BCUT2D eigenvalue weighted by molar-refractivity contribution is 4.87. The van der Waals surface area contributed by atoms with E-state index in [0.717, 1.165) is 24.2 Å². The van der Waals surface area contributed by atoms with Gasteiger partial charge >= 0.3 is 0 Å². The van der Waals surface area contributed by atoms with Gasteiger partial charge in [-0.1, -0.05) is 13.8 Å². The van der Waals surface area contributed by atoms with Crippen LogP contribution in [-0.2, 0) is 11.3 Å². The molecule has 1 heterocycles. The number of nitrogens with one attached hydrogen (secondary N) is 1. The molecule has 1 N–H and O–H groups in total. The van der Waals surface area contributed by atoms with Crippen molar-refractivity contribution in [2.45, 2.75) is 45.7 Å². The second-order valence-corrected chi connectivity index (χ2v) is 5.78. The number of tetrazole rings is 1. The van der Waals surface area contributed by atoms with Gasteiger partial charge in [0, 0.05) is 13.7 Å². The average molecular weight is 267 g/mol. The maximum Gasteiger partial charge on any atom is 0.165 e. The van der Waals surface area contributed by atoms with E-state index in [1.807, 2.05) is 4.68 Å². The number of hydrogen-bond donors (Lipinski definition) is 1. The van der Waals surface area contributed by atoms with Crippen LogP contribution in [0.4, 0.5) is 0 Å². The van der Waals surface area contributed by atoms with Gasteiger partial charge in [-0.15, -0.1) is 5.10 Å². The van der Waals surface area contributed by atoms with E-state index < -0.39 is 0 Å². The Labute approximate surface area is 114 Å². The van der Waals surface area contributed by atoms with Crippen molar-refractivity contribution in [3.63, 3.8) is 0 Å². The van der Waals surface area contributed by atoms with Crippen molar-refractivity contribution in [1.82, 2.24) is 25.5 Å². The molecule has 0 amide bonds. The smallest absolute Gasteiger partial charge is 0.165 e. The van der Waals surface area contributed by atoms with E-state index in [1.54, 1.807) is 7.11 Å². The first kappa shape index (κ1) is 14.4. The van der Waals surface area contributed by atoms with Crippen LogP contribution in [0.25, 0.3) is 0 Å². The van der Waals surface area contributed by atoms with Crippen molar-refractivity contribution in [3.8, 4) is 0 Å². The largest absolute Gasteiger partial charge is 0.383 e. The minimum absolute atomic E-state index is 0.452. The van der Waals surface area contributed by atoms with Crippen LogP contribution in [0.15, 0.2) is 0 Å². The molecule has 0 spiro atoms. The third-order valence-corrected chi connectivity index (χ3v) is 3.83. The molecule has 6 nitrogen and oxygen atoms in total. The van der Waals surface area contributed by atoms with Gasteiger partial charge in [-0.2, -0.15) is 0 Å². The molecule has 0 radical (unpaired) electrons. The standard InChI is InChI=1S/C13H25N5O/c1-10-6-11(2)8-12(7-10)18-13(15-16-17-18)9-14-4-5-19-3/h10-12,14H,4-9H2,1-3H3. The van der Waals surface area contributed by atoms with Crippen LogP contribution in [0.1, 0.15) is 45.0 Å². The van der Waals surface area contributed by atoms with Crippen molar-refractivity contribution < 1.29 is 4.74 Å². The molecule has 1 fully saturated rings. The van der Waals surface area contributed by atoms with Gasteiger partial charge in [-0.25, -0.2) is 4.68 Å². The number of methoxy groups -OCH3 is 1. The third-order valence-electron chi connectivity index (χ3n) is 3.83. The van der Waals surface area contributed by atoms with Gasteiger partial charge < -0.3 is 10.1 Å². The normalized spacial score (nSPS) is 27.6. The fourth-order valence-corrected chi connectivity index (χ4v) is 3.09. The summed E-state index contributed by atoms with van der Waals surface area (Å²) in [4.78, 5) is 0. The van der Waals surface area contributed by atoms with Crippen LogP contribution in [0.2, 0.25) is 0 Å². The maximum atomic E-state index is 5.01. The van der Waals surface area contributed by atoms with Crippen molar-refractivity contribution in [1.29, 1.82) is 0 Å². The van der Waals surface area contributed by atoms with Crippen LogP contribution in [-0.4, -0.2) is 40.5 Å². The highest BCUT2D eigenvalue weighted by Crippen LogP contribution is 2.35. The lowest BCUT2D eigenvalue weighted by molar-refractivity contribution is 0.195. The van der Waals surface area contributed by atoms with Gasteiger partial charge in [-0.3, -0.25) is 0 Å². The van der Waals surface area contributed by atoms with Crippen LogP contribution in [0, 0.1) is 11.8 Å². The monoisotopic (exact) mass is 267 g/mol. The molecule has 2 unspecified atom stereocenters. The number of nitrogens with zero attached hydrogens (tertiary/aromatic N) is 4. The Morgan fingerprint density at radius 1 is 1.26 bits per heavy atom. The van der Waals surface area contributed by atoms with Crippen LogP contribution in [0.3, 0.4) is 0 Å². The van der Waals surface area contributed by atoms with E-state index in [-0.39, 0.29) is 0 Å². The van der Waals surface area contributed by atoms with Crippen molar-refractivity contribution in [3.05, 3.63) is 5.82 Å². The lowest BCUT2D eigenvalue weighted by Crippen LogP contribution is -2.27. The highest BCUT2D eigenvalue weighted by atomic mass is 16.5. The van der Waals surface area contributed by atoms with Crippen molar-refractivity contribution in [2.75, 3.05) is 20.3 Å². The molecule has 1 aliphatic carbocycles. The lowest BCUT2D eigenvalue weighted by atomic mass is 9.80. The quantitative estimate of drug-likeness (QED) is 0.789. The number of aromatic nitrogens is 4. The molecule has 0 aliphatic heterocycles. The maximum absolute atomic E-state index is 5.01. The van der Waals surface area contributed by atoms with Gasteiger partial charge in [0.25, 0.3) is 0 Å². The Morgan fingerprint density at radius 2 is 2.00 bits per heavy atom. The predicted octanol–water partition coefficient (Wildman–Crippen LogP) is 1.41. The zero-order valence-corrected chi connectivity index (χ0v) is 12.2. The van der Waals surface area contributed by atoms with E-state index in [4.69, 9.17) is 4.74 Å². The average Bonchev–Trinajstić information content (AvgIpc) is 2.82. The molecule has 6 heteroatoms. The molecule has 108 valence electrons. The Morgan fingerprint density at radius 3 is 2.68 bits per heavy atom. The van der Waals surface area contributed by atoms with Gasteiger partial charge in [-0.05, 0) is 41.5 Å². The van der Waals surface area contributed by atoms with E-state index in [2.05, 4.69) is 34.7 Å². The van der Waals surface area contributed by atoms with Crippen molar-refractivity contribution in [2.24, 2.45) is 11.8 Å². The van der Waals surface area contributed by atoms with Gasteiger partial charge in [0.1, 0.15) is 0 Å². The molecule has 2 atom stereocenters. The number of rotatable bonds is 6. The molecule has 0 saturated heterocycles. The molecule has 19 heavy (non-hydrogen) atoms. The second-order valence-electron chi connectivity index (χ2n) is 5.78. The van der Waals surface area contributed by atoms with E-state index in [0.29, 0.717) is 19.2 Å². The van der Waals surface area contributed by atoms with Gasteiger partial charge in [0.15, 0.2) is 5.82 Å². The Bertz CT molecular complexity index is 371. The fraction of sp³-hybridized carbons (Fsp3) is 0.923. The molecule has 1 saturated carbocycles. The summed E-state index contributed by atoms with van der Waals surface area (Å²) in [6.45, 7) is 6.88. The summed E-state index contributed by atoms with van der Waals surface area (Å²) >= 11 is 0. The van der Waals surface area contributed by atoms with E-state index in [1.165, 1.54) is 19.3 Å². The number of ether oxygens (including phenoxy) is 1. The van der Waals surface area contributed by atoms with Crippen LogP contribution in [0.5, 0.6) is 0 Å². The molecule has 2 rings (SSSR count). The first-order valence-corrected chi connectivity index (χ1v) is 7.17. The molecular formula is C13H25N5O. The topological polar surface area (TPSA) is 64.9 Å². The SMILES string of the molecule is COCCNCc1nnnn1C1CC(C)CC(C)C1. The first-order chi connectivity index (χ1) is 9.20. The summed E-state index contributed by atoms with van der Waals surface area (Å²) in [6, 6.07) is 0.452. The number of hydrogen-bond acceptors (Lipinski definition) is 5. The van der Waals surface area contributed by atoms with E-state index in [9.17, 15) is 0 Å². The van der Waals surface area contributed by atoms with E-state index >= 15 is 0 Å². The fourth-order valence-electron chi connectivity index (χ4n) is 3.09. The van der Waals surface area contributed by atoms with Crippen LogP contribution < -0.4 is 5.32 Å². The Hall–Kier alpha value is -1.01. The molecule has 1 aromatic rings. The summed E-state index contributed by atoms with van der Waals surface area (Å²) < 4.78 is 7.03. The highest BCUT2D eigenvalue weighted by Gasteiger charge is 2.27. The Balaban J connectivity index is 1.94. The molecule has 1 aromatic heterocycles. The third kappa shape index (κ3) is 3.98. The Kier molecular flexibility index (Phi) is 5.27. The molecule has 0 aromatic carbocycles. The minimum Gasteiger partial charge on any atom is -0.383 e. The van der Waals surface area contributed by atoms with Crippen LogP contribution >= 0.6 is 0 Å². The van der Waals surface area contributed by atoms with Gasteiger partial charge in [0.2, 0.25) is 0 Å². The first-order valence-electron chi connectivity index (χ1n) is 7.17. The lowest BCUT2D eigenvalue weighted by Gasteiger charge is -2.31.